The fraction of sp³-hybridized carbons (Fsp3) is 0.500. The summed E-state index contributed by atoms with van der Waals surface area (Å²) in [5, 5.41) is 0.791. The highest BCUT2D eigenvalue weighted by Gasteiger charge is 2.38. The van der Waals surface area contributed by atoms with Crippen LogP contribution in [0.25, 0.3) is 0 Å². The number of nitrogens with zero attached hydrogens (tertiary/aromatic N) is 1. The quantitative estimate of drug-likeness (QED) is 0.850. The minimum atomic E-state index is 0.0984. The smallest absolute Gasteiger partial charge is 0.0406 e. The van der Waals surface area contributed by atoms with Gasteiger partial charge in [-0.25, -0.2) is 0 Å². The topological polar surface area (TPSA) is 29.3 Å². The average molecular weight is 225 g/mol. The Balaban J connectivity index is 1.88. The normalized spacial score (nSPS) is 18.1. The molecule has 2 N–H and O–H groups in total. The zero-order valence-corrected chi connectivity index (χ0v) is 9.80. The van der Waals surface area contributed by atoms with E-state index < -0.39 is 0 Å². The van der Waals surface area contributed by atoms with Gasteiger partial charge in [-0.3, -0.25) is 0 Å². The number of nitrogens with two attached hydrogens (primary N) is 1. The van der Waals surface area contributed by atoms with Gasteiger partial charge in [0, 0.05) is 23.7 Å². The second-order valence-corrected chi connectivity index (χ2v) is 5.10. The fourth-order valence-electron chi connectivity index (χ4n) is 1.81. The lowest BCUT2D eigenvalue weighted by molar-refractivity contribution is 0.296. The second-order valence-electron chi connectivity index (χ2n) is 4.66. The Hall–Kier alpha value is -0.570. The first-order valence-electron chi connectivity index (χ1n) is 5.29. The lowest BCUT2D eigenvalue weighted by Crippen LogP contribution is -2.36. The molecule has 1 aromatic rings. The van der Waals surface area contributed by atoms with Gasteiger partial charge < -0.3 is 10.6 Å². The molecule has 0 radical (unpaired) electrons. The molecule has 1 aliphatic carbocycles. The van der Waals surface area contributed by atoms with Crippen LogP contribution in [0.3, 0.4) is 0 Å². The number of likely N-dealkylation sites (N-methyl/N-ethyl adjacent to an activating group) is 1. The molecule has 2 rings (SSSR count). The second kappa shape index (κ2) is 4.12. The van der Waals surface area contributed by atoms with Crippen LogP contribution in [0, 0.1) is 0 Å². The van der Waals surface area contributed by atoms with E-state index in [0.717, 1.165) is 31.0 Å². The molecule has 0 saturated heterocycles. The van der Waals surface area contributed by atoms with Crippen LogP contribution in [-0.4, -0.2) is 24.0 Å². The van der Waals surface area contributed by atoms with E-state index in [1.807, 2.05) is 12.1 Å². The average Bonchev–Trinajstić information content (AvgIpc) is 2.87. The van der Waals surface area contributed by atoms with Crippen molar-refractivity contribution in [3.63, 3.8) is 0 Å². The summed E-state index contributed by atoms with van der Waals surface area (Å²) in [6.07, 6.45) is 2.33. The van der Waals surface area contributed by atoms with E-state index in [4.69, 9.17) is 17.3 Å². The molecule has 3 heteroatoms. The summed E-state index contributed by atoms with van der Waals surface area (Å²) >= 11 is 5.83. The van der Waals surface area contributed by atoms with E-state index in [-0.39, 0.29) is 5.54 Å². The largest absolute Gasteiger partial charge is 0.324 e. The van der Waals surface area contributed by atoms with Crippen LogP contribution in [-0.2, 0) is 6.54 Å². The highest BCUT2D eigenvalue weighted by atomic mass is 35.5. The maximum Gasteiger partial charge on any atom is 0.0406 e. The third-order valence-corrected chi connectivity index (χ3v) is 3.09. The van der Waals surface area contributed by atoms with Crippen LogP contribution in [0.15, 0.2) is 24.3 Å². The van der Waals surface area contributed by atoms with E-state index in [1.54, 1.807) is 0 Å². The molecule has 0 aliphatic heterocycles. The van der Waals surface area contributed by atoms with E-state index in [0.29, 0.717) is 0 Å². The first kappa shape index (κ1) is 10.9. The number of hydrogen-bond acceptors (Lipinski definition) is 2. The molecule has 15 heavy (non-hydrogen) atoms. The van der Waals surface area contributed by atoms with E-state index >= 15 is 0 Å². The predicted octanol–water partition coefficient (Wildman–Crippen LogP) is 2.26. The van der Waals surface area contributed by atoms with Crippen molar-refractivity contribution in [2.45, 2.75) is 24.9 Å². The van der Waals surface area contributed by atoms with Gasteiger partial charge in [0.1, 0.15) is 0 Å². The Morgan fingerprint density at radius 3 is 2.47 bits per heavy atom. The van der Waals surface area contributed by atoms with Crippen molar-refractivity contribution in [1.29, 1.82) is 0 Å². The van der Waals surface area contributed by atoms with E-state index in [2.05, 4.69) is 24.1 Å². The van der Waals surface area contributed by atoms with Gasteiger partial charge in [0.2, 0.25) is 0 Å². The van der Waals surface area contributed by atoms with Gasteiger partial charge in [0.15, 0.2) is 0 Å². The Bertz CT molecular complexity index is 330. The maximum atomic E-state index is 6.06. The van der Waals surface area contributed by atoms with E-state index in [1.165, 1.54) is 5.56 Å². The van der Waals surface area contributed by atoms with E-state index in [9.17, 15) is 0 Å². The van der Waals surface area contributed by atoms with Crippen molar-refractivity contribution in [3.05, 3.63) is 34.9 Å². The molecule has 1 fully saturated rings. The first-order valence-corrected chi connectivity index (χ1v) is 5.67. The molecule has 0 heterocycles. The highest BCUT2D eigenvalue weighted by molar-refractivity contribution is 6.30. The number of benzene rings is 1. The summed E-state index contributed by atoms with van der Waals surface area (Å²) < 4.78 is 0. The van der Waals surface area contributed by atoms with Gasteiger partial charge in [0.25, 0.3) is 0 Å². The van der Waals surface area contributed by atoms with Crippen LogP contribution >= 0.6 is 11.6 Å². The molecular formula is C12H17ClN2. The Morgan fingerprint density at radius 2 is 1.93 bits per heavy atom. The van der Waals surface area contributed by atoms with Crippen molar-refractivity contribution in [3.8, 4) is 0 Å². The van der Waals surface area contributed by atoms with Crippen molar-refractivity contribution >= 4 is 11.6 Å². The third-order valence-electron chi connectivity index (χ3n) is 2.84. The Morgan fingerprint density at radius 1 is 1.33 bits per heavy atom. The van der Waals surface area contributed by atoms with Crippen molar-refractivity contribution < 1.29 is 0 Å². The molecule has 1 saturated carbocycles. The molecule has 0 unspecified atom stereocenters. The van der Waals surface area contributed by atoms with Gasteiger partial charge in [-0.05, 0) is 37.6 Å². The standard InChI is InChI=1S/C12H17ClN2/c1-15(9-12(14)6-7-12)8-10-2-4-11(13)5-3-10/h2-5H,6-9,14H2,1H3. The first-order chi connectivity index (χ1) is 7.07. The summed E-state index contributed by atoms with van der Waals surface area (Å²) in [5.74, 6) is 0. The highest BCUT2D eigenvalue weighted by Crippen LogP contribution is 2.32. The summed E-state index contributed by atoms with van der Waals surface area (Å²) in [6, 6.07) is 7.99. The lowest BCUT2D eigenvalue weighted by Gasteiger charge is -2.20. The molecule has 0 atom stereocenters. The molecule has 82 valence electrons. The van der Waals surface area contributed by atoms with Gasteiger partial charge in [-0.1, -0.05) is 23.7 Å². The summed E-state index contributed by atoms with van der Waals surface area (Å²) in [6.45, 7) is 1.92. The minimum absolute atomic E-state index is 0.0984. The van der Waals surface area contributed by atoms with Gasteiger partial charge in [-0.15, -0.1) is 0 Å². The molecule has 0 aromatic heterocycles. The molecule has 1 aliphatic rings. The van der Waals surface area contributed by atoms with Crippen LogP contribution in [0.2, 0.25) is 5.02 Å². The van der Waals surface area contributed by atoms with Crippen LogP contribution in [0.5, 0.6) is 0 Å². The predicted molar refractivity (Wildman–Crippen MR) is 63.9 cm³/mol. The minimum Gasteiger partial charge on any atom is -0.324 e. The zero-order valence-electron chi connectivity index (χ0n) is 9.04. The maximum absolute atomic E-state index is 6.06. The number of rotatable bonds is 4. The number of halogens is 1. The SMILES string of the molecule is CN(Cc1ccc(Cl)cc1)CC1(N)CC1. The van der Waals surface area contributed by atoms with Crippen LogP contribution in [0.1, 0.15) is 18.4 Å². The monoisotopic (exact) mass is 224 g/mol. The summed E-state index contributed by atoms with van der Waals surface area (Å²) in [5.41, 5.74) is 7.44. The Kier molecular flexibility index (Phi) is 3.01. The van der Waals surface area contributed by atoms with Crippen molar-refractivity contribution in [2.75, 3.05) is 13.6 Å². The number of hydrogen-bond donors (Lipinski definition) is 1. The van der Waals surface area contributed by atoms with Crippen LogP contribution < -0.4 is 5.73 Å². The van der Waals surface area contributed by atoms with Crippen LogP contribution in [0.4, 0.5) is 0 Å². The molecule has 0 spiro atoms. The molecule has 1 aromatic carbocycles. The van der Waals surface area contributed by atoms with Gasteiger partial charge in [-0.2, -0.15) is 0 Å². The molecule has 2 nitrogen and oxygen atoms in total. The van der Waals surface area contributed by atoms with Gasteiger partial charge >= 0.3 is 0 Å². The van der Waals surface area contributed by atoms with Gasteiger partial charge in [0.05, 0.1) is 0 Å². The lowest BCUT2D eigenvalue weighted by atomic mass is 10.2. The van der Waals surface area contributed by atoms with Crippen molar-refractivity contribution in [2.24, 2.45) is 5.73 Å². The fourth-order valence-corrected chi connectivity index (χ4v) is 1.94. The summed E-state index contributed by atoms with van der Waals surface area (Å²) in [7, 11) is 2.11. The Labute approximate surface area is 96.0 Å². The third kappa shape index (κ3) is 3.20. The zero-order chi connectivity index (χ0) is 10.9. The molecule has 0 amide bonds. The van der Waals surface area contributed by atoms with Crippen molar-refractivity contribution in [1.82, 2.24) is 4.90 Å². The molecule has 0 bridgehead atoms. The summed E-state index contributed by atoms with van der Waals surface area (Å²) in [4.78, 5) is 2.27. The molecular weight excluding hydrogens is 208 g/mol.